The topological polar surface area (TPSA) is 143 Å². The fraction of sp³-hybridized carbons (Fsp3) is 0.467. The van der Waals surface area contributed by atoms with Gasteiger partial charge in [-0.15, -0.1) is 12.3 Å². The van der Waals surface area contributed by atoms with Crippen LogP contribution in [0.3, 0.4) is 0 Å². The third kappa shape index (κ3) is 8.85. The number of benzene rings is 2. The number of terminal acetylenes is 1. The molecule has 0 aliphatic carbocycles. The number of nitrogens with one attached hydrogen (secondary N) is 2. The minimum absolute atomic E-state index is 0.00480. The Labute approximate surface area is 247 Å². The number of ether oxygens (including phenoxy) is 3. The molecule has 2 aromatic rings. The van der Waals surface area contributed by atoms with Gasteiger partial charge in [-0.25, -0.2) is 13.2 Å². The third-order valence-electron chi connectivity index (χ3n) is 6.11. The number of amides is 2. The van der Waals surface area contributed by atoms with Gasteiger partial charge < -0.3 is 30.0 Å². The van der Waals surface area contributed by atoms with E-state index in [0.717, 1.165) is 0 Å². The number of carbonyl (C=O) groups excluding carboxylic acids is 2. The molecule has 42 heavy (non-hydrogen) atoms. The van der Waals surface area contributed by atoms with Gasteiger partial charge in [-0.3, -0.25) is 4.79 Å². The Bertz CT molecular complexity index is 1380. The van der Waals surface area contributed by atoms with E-state index in [-0.39, 0.29) is 37.1 Å². The van der Waals surface area contributed by atoms with Crippen LogP contribution in [0.1, 0.15) is 52.6 Å². The number of alkyl carbamates (subject to hydrolysis) is 1. The molecule has 3 N–H and O–H groups in total. The average Bonchev–Trinajstić information content (AvgIpc) is 3.38. The molecule has 3 rings (SSSR count). The first kappa shape index (κ1) is 32.7. The van der Waals surface area contributed by atoms with Gasteiger partial charge in [0.1, 0.15) is 11.6 Å². The summed E-state index contributed by atoms with van der Waals surface area (Å²) in [4.78, 5) is 25.7. The van der Waals surface area contributed by atoms with Crippen LogP contribution in [-0.2, 0) is 19.6 Å². The lowest BCUT2D eigenvalue weighted by Crippen LogP contribution is -2.52. The molecule has 1 aliphatic heterocycles. The lowest BCUT2D eigenvalue weighted by molar-refractivity contribution is -0.124. The molecule has 228 valence electrons. The van der Waals surface area contributed by atoms with E-state index in [2.05, 4.69) is 16.6 Å². The van der Waals surface area contributed by atoms with Crippen LogP contribution >= 0.6 is 0 Å². The maximum Gasteiger partial charge on any atom is 0.408 e. The quantitative estimate of drug-likeness (QED) is 0.315. The van der Waals surface area contributed by atoms with E-state index >= 15 is 0 Å². The van der Waals surface area contributed by atoms with Crippen LogP contribution < -0.4 is 20.1 Å². The van der Waals surface area contributed by atoms with Crippen molar-refractivity contribution in [3.8, 4) is 23.8 Å². The van der Waals surface area contributed by atoms with Crippen LogP contribution in [0.5, 0.6) is 11.5 Å². The maximum absolute atomic E-state index is 13.8. The lowest BCUT2D eigenvalue weighted by atomic mass is 10.00. The van der Waals surface area contributed by atoms with Crippen molar-refractivity contribution in [1.29, 1.82) is 0 Å². The van der Waals surface area contributed by atoms with Gasteiger partial charge in [0.15, 0.2) is 11.5 Å². The second-order valence-electron chi connectivity index (χ2n) is 11.3. The normalized spacial score (nSPS) is 15.0. The number of hydrogen-bond acceptors (Lipinski definition) is 8. The van der Waals surface area contributed by atoms with Crippen molar-refractivity contribution in [3.63, 3.8) is 0 Å². The van der Waals surface area contributed by atoms with Crippen molar-refractivity contribution in [3.05, 3.63) is 54.1 Å². The zero-order chi connectivity index (χ0) is 31.1. The van der Waals surface area contributed by atoms with E-state index in [0.29, 0.717) is 17.1 Å². The highest BCUT2D eigenvalue weighted by Gasteiger charge is 2.34. The molecule has 12 heteroatoms. The third-order valence-corrected chi connectivity index (χ3v) is 7.94. The number of nitrogens with zero attached hydrogens (tertiary/aromatic N) is 1. The highest BCUT2D eigenvalue weighted by molar-refractivity contribution is 7.89. The summed E-state index contributed by atoms with van der Waals surface area (Å²) in [5.41, 5.74) is -0.270. The maximum atomic E-state index is 13.8. The Hall–Kier alpha value is -3.79. The summed E-state index contributed by atoms with van der Waals surface area (Å²) in [6.07, 6.45) is 3.11. The molecule has 0 spiro atoms. The van der Waals surface area contributed by atoms with Crippen molar-refractivity contribution >= 4 is 22.0 Å². The van der Waals surface area contributed by atoms with Crippen molar-refractivity contribution < 1.29 is 37.3 Å². The Kier molecular flexibility index (Phi) is 10.8. The van der Waals surface area contributed by atoms with Crippen LogP contribution in [0.4, 0.5) is 4.79 Å². The Morgan fingerprint density at radius 1 is 1.07 bits per heavy atom. The van der Waals surface area contributed by atoms with Gasteiger partial charge in [-0.1, -0.05) is 44.2 Å². The minimum Gasteiger partial charge on any atom is -0.454 e. The highest BCUT2D eigenvalue weighted by Crippen LogP contribution is 2.35. The van der Waals surface area contributed by atoms with Crippen molar-refractivity contribution in [1.82, 2.24) is 14.9 Å². The monoisotopic (exact) mass is 601 g/mol. The molecule has 2 amide bonds. The van der Waals surface area contributed by atoms with Crippen molar-refractivity contribution in [2.45, 2.75) is 69.7 Å². The first-order valence-electron chi connectivity index (χ1n) is 13.6. The zero-order valence-electron chi connectivity index (χ0n) is 24.5. The zero-order valence-corrected chi connectivity index (χ0v) is 25.3. The second kappa shape index (κ2) is 13.9. The van der Waals surface area contributed by atoms with Gasteiger partial charge in [-0.2, -0.15) is 4.31 Å². The predicted octanol–water partition coefficient (Wildman–Crippen LogP) is 3.20. The lowest BCUT2D eigenvalue weighted by Gasteiger charge is -2.31. The number of fused-ring (bicyclic) bond motifs is 1. The second-order valence-corrected chi connectivity index (χ2v) is 13.2. The summed E-state index contributed by atoms with van der Waals surface area (Å²) in [7, 11) is -4.09. The summed E-state index contributed by atoms with van der Waals surface area (Å²) >= 11 is 0. The molecular formula is C30H39N3O8S. The summed E-state index contributed by atoms with van der Waals surface area (Å²) in [6.45, 7) is 8.53. The number of aliphatic hydroxyl groups excluding tert-OH is 1. The van der Waals surface area contributed by atoms with Gasteiger partial charge in [0, 0.05) is 25.6 Å². The molecule has 0 bridgehead atoms. The van der Waals surface area contributed by atoms with E-state index < -0.39 is 45.8 Å². The Balaban J connectivity index is 1.88. The predicted molar refractivity (Wildman–Crippen MR) is 156 cm³/mol. The summed E-state index contributed by atoms with van der Waals surface area (Å²) in [5, 5.41) is 16.7. The van der Waals surface area contributed by atoms with Crippen molar-refractivity contribution in [2.75, 3.05) is 19.9 Å². The number of rotatable bonds is 12. The number of sulfonamides is 1. The highest BCUT2D eigenvalue weighted by atomic mass is 32.2. The molecule has 0 saturated carbocycles. The molecule has 11 nitrogen and oxygen atoms in total. The number of hydrogen-bond donors (Lipinski definition) is 3. The largest absolute Gasteiger partial charge is 0.454 e. The van der Waals surface area contributed by atoms with Crippen molar-refractivity contribution in [2.24, 2.45) is 5.92 Å². The average molecular weight is 602 g/mol. The van der Waals surface area contributed by atoms with Gasteiger partial charge >= 0.3 is 6.09 Å². The Morgan fingerprint density at radius 2 is 1.74 bits per heavy atom. The first-order valence-corrected chi connectivity index (χ1v) is 15.0. The van der Waals surface area contributed by atoms with Crippen LogP contribution in [0.2, 0.25) is 0 Å². The van der Waals surface area contributed by atoms with Gasteiger partial charge in [0.25, 0.3) is 0 Å². The summed E-state index contributed by atoms with van der Waals surface area (Å²) < 4.78 is 44.6. The molecule has 2 aromatic carbocycles. The van der Waals surface area contributed by atoms with E-state index in [1.165, 1.54) is 22.5 Å². The fourth-order valence-electron chi connectivity index (χ4n) is 4.27. The van der Waals surface area contributed by atoms with Gasteiger partial charge in [0.05, 0.1) is 17.0 Å². The van der Waals surface area contributed by atoms with Crippen LogP contribution in [0.15, 0.2) is 53.4 Å². The van der Waals surface area contributed by atoms with E-state index in [9.17, 15) is 23.1 Å². The molecule has 0 unspecified atom stereocenters. The molecule has 1 aliphatic rings. The standard InChI is InChI=1S/C30H39N3O8S/c1-7-11-23(31-29(36)41-30(4,5)6)28(35)32-27(21-12-9-8-10-13-21)24(34)18-33(17-20(2)3)42(37,38)22-14-15-25-26(16-22)40-19-39-25/h1,8-10,12-16,20,23-24,27,34H,11,17-19H2,2-6H3,(H,31,36)(H,32,35)/t23-,24+,27-/m0/s1. The molecule has 0 fully saturated rings. The summed E-state index contributed by atoms with van der Waals surface area (Å²) in [5.74, 6) is 2.38. The van der Waals surface area contributed by atoms with E-state index in [4.69, 9.17) is 20.6 Å². The fourth-order valence-corrected chi connectivity index (χ4v) is 5.91. The van der Waals surface area contributed by atoms with E-state index in [1.54, 1.807) is 51.1 Å². The van der Waals surface area contributed by atoms with Gasteiger partial charge in [0.2, 0.25) is 22.7 Å². The molecule has 3 atom stereocenters. The van der Waals surface area contributed by atoms with Crippen LogP contribution in [-0.4, -0.2) is 67.5 Å². The SMILES string of the molecule is C#CC[C@H](NC(=O)OC(C)(C)C)C(=O)N[C@@H](c1ccccc1)[C@H](O)CN(CC(C)C)S(=O)(=O)c1ccc2c(c1)OCO2. The smallest absolute Gasteiger partial charge is 0.408 e. The Morgan fingerprint density at radius 3 is 2.36 bits per heavy atom. The molecule has 1 heterocycles. The molecular weight excluding hydrogens is 562 g/mol. The summed E-state index contributed by atoms with van der Waals surface area (Å²) in [6, 6.07) is 10.8. The molecule has 0 radical (unpaired) electrons. The van der Waals surface area contributed by atoms with E-state index in [1.807, 2.05) is 13.8 Å². The van der Waals surface area contributed by atoms with Crippen LogP contribution in [0.25, 0.3) is 0 Å². The molecule has 0 saturated heterocycles. The first-order chi connectivity index (χ1) is 19.7. The molecule has 0 aromatic heterocycles. The number of aliphatic hydroxyl groups is 1. The number of carbonyl (C=O) groups is 2. The van der Waals surface area contributed by atoms with Gasteiger partial charge in [-0.05, 0) is 44.4 Å². The minimum atomic E-state index is -4.09. The van der Waals surface area contributed by atoms with Crippen LogP contribution in [0, 0.1) is 18.3 Å².